The summed E-state index contributed by atoms with van der Waals surface area (Å²) in [5.41, 5.74) is 1.91. The highest BCUT2D eigenvalue weighted by atomic mass is 16.5. The molecule has 2 aromatic rings. The normalized spacial score (nSPS) is 11.5. The number of methoxy groups -OCH3 is 1. The summed E-state index contributed by atoms with van der Waals surface area (Å²) in [4.78, 5) is 24.3. The van der Waals surface area contributed by atoms with E-state index in [1.165, 1.54) is 0 Å². The van der Waals surface area contributed by atoms with E-state index in [4.69, 9.17) is 9.47 Å². The van der Waals surface area contributed by atoms with E-state index in [0.717, 1.165) is 11.1 Å². The average Bonchev–Trinajstić information content (AvgIpc) is 2.67. The van der Waals surface area contributed by atoms with Crippen molar-refractivity contribution in [2.45, 2.75) is 32.2 Å². The topological polar surface area (TPSA) is 64.6 Å². The molecule has 5 nitrogen and oxygen atoms in total. The van der Waals surface area contributed by atoms with Crippen LogP contribution in [0.25, 0.3) is 0 Å². The van der Waals surface area contributed by atoms with Gasteiger partial charge in [0.05, 0.1) is 26.2 Å². The molecule has 0 aliphatic rings. The molecule has 0 aromatic heterocycles. The molecule has 5 heteroatoms. The first-order chi connectivity index (χ1) is 12.6. The second kappa shape index (κ2) is 10.2. The van der Waals surface area contributed by atoms with Gasteiger partial charge in [0, 0.05) is 6.42 Å². The van der Waals surface area contributed by atoms with Crippen molar-refractivity contribution in [3.05, 3.63) is 65.7 Å². The molecule has 0 aliphatic carbocycles. The van der Waals surface area contributed by atoms with Gasteiger partial charge in [-0.1, -0.05) is 42.5 Å². The SMILES string of the molecule is CCOC(=O)CC(NC(=O)CCc1ccccc1)c1cccc(OC)c1. The molecule has 1 amide bonds. The molecule has 2 rings (SSSR count). The van der Waals surface area contributed by atoms with Crippen molar-refractivity contribution < 1.29 is 19.1 Å². The predicted octanol–water partition coefficient (Wildman–Crippen LogP) is 3.44. The van der Waals surface area contributed by atoms with Gasteiger partial charge >= 0.3 is 5.97 Å². The molecule has 0 heterocycles. The summed E-state index contributed by atoms with van der Waals surface area (Å²) in [5, 5.41) is 2.95. The average molecular weight is 355 g/mol. The molecule has 1 N–H and O–H groups in total. The highest BCUT2D eigenvalue weighted by Gasteiger charge is 2.19. The summed E-state index contributed by atoms with van der Waals surface area (Å²) in [7, 11) is 1.58. The van der Waals surface area contributed by atoms with Crippen molar-refractivity contribution in [1.82, 2.24) is 5.32 Å². The van der Waals surface area contributed by atoms with E-state index in [0.29, 0.717) is 25.2 Å². The molecule has 26 heavy (non-hydrogen) atoms. The summed E-state index contributed by atoms with van der Waals surface area (Å²) in [6.07, 6.45) is 1.09. The summed E-state index contributed by atoms with van der Waals surface area (Å²) < 4.78 is 10.3. The van der Waals surface area contributed by atoms with Gasteiger partial charge in [0.15, 0.2) is 0 Å². The highest BCUT2D eigenvalue weighted by Crippen LogP contribution is 2.22. The fraction of sp³-hybridized carbons (Fsp3) is 0.333. The molecule has 0 saturated carbocycles. The van der Waals surface area contributed by atoms with E-state index >= 15 is 0 Å². The second-order valence-corrected chi connectivity index (χ2v) is 5.89. The van der Waals surface area contributed by atoms with Gasteiger partial charge in [-0.05, 0) is 36.6 Å². The molecular formula is C21H25NO4. The molecule has 1 atom stereocenters. The van der Waals surface area contributed by atoms with E-state index in [2.05, 4.69) is 5.32 Å². The van der Waals surface area contributed by atoms with Crippen molar-refractivity contribution in [3.8, 4) is 5.75 Å². The van der Waals surface area contributed by atoms with Gasteiger partial charge in [-0.15, -0.1) is 0 Å². The van der Waals surface area contributed by atoms with Gasteiger partial charge in [0.1, 0.15) is 5.75 Å². The maximum Gasteiger partial charge on any atom is 0.308 e. The van der Waals surface area contributed by atoms with Crippen LogP contribution >= 0.6 is 0 Å². The molecule has 2 aromatic carbocycles. The number of benzene rings is 2. The Balaban J connectivity index is 2.04. The Labute approximate surface area is 154 Å². The third-order valence-corrected chi connectivity index (χ3v) is 3.99. The van der Waals surface area contributed by atoms with Gasteiger partial charge in [-0.2, -0.15) is 0 Å². The quantitative estimate of drug-likeness (QED) is 0.700. The van der Waals surface area contributed by atoms with Crippen LogP contribution in [-0.2, 0) is 20.7 Å². The zero-order chi connectivity index (χ0) is 18.8. The number of hydrogen-bond donors (Lipinski definition) is 1. The lowest BCUT2D eigenvalue weighted by Gasteiger charge is -2.19. The minimum absolute atomic E-state index is 0.0814. The zero-order valence-corrected chi connectivity index (χ0v) is 15.2. The molecule has 0 bridgehead atoms. The van der Waals surface area contributed by atoms with Crippen LogP contribution in [-0.4, -0.2) is 25.6 Å². The first kappa shape index (κ1) is 19.5. The Morgan fingerprint density at radius 3 is 2.54 bits per heavy atom. The second-order valence-electron chi connectivity index (χ2n) is 5.89. The summed E-state index contributed by atoms with van der Waals surface area (Å²) >= 11 is 0. The van der Waals surface area contributed by atoms with E-state index in [9.17, 15) is 9.59 Å². The molecule has 1 unspecified atom stereocenters. The largest absolute Gasteiger partial charge is 0.497 e. The number of esters is 1. The first-order valence-electron chi connectivity index (χ1n) is 8.75. The number of hydrogen-bond acceptors (Lipinski definition) is 4. The smallest absolute Gasteiger partial charge is 0.308 e. The minimum atomic E-state index is -0.451. The number of nitrogens with one attached hydrogen (secondary N) is 1. The first-order valence-corrected chi connectivity index (χ1v) is 8.75. The van der Waals surface area contributed by atoms with Crippen molar-refractivity contribution in [2.75, 3.05) is 13.7 Å². The van der Waals surface area contributed by atoms with Crippen LogP contribution in [0.4, 0.5) is 0 Å². The Bertz CT molecular complexity index is 715. The lowest BCUT2D eigenvalue weighted by atomic mass is 10.0. The predicted molar refractivity (Wildman–Crippen MR) is 99.9 cm³/mol. The molecular weight excluding hydrogens is 330 g/mol. The van der Waals surface area contributed by atoms with Crippen molar-refractivity contribution in [2.24, 2.45) is 0 Å². The number of carbonyl (C=O) groups excluding carboxylic acids is 2. The number of carbonyl (C=O) groups is 2. The summed E-state index contributed by atoms with van der Waals surface area (Å²) in [6, 6.07) is 16.7. The third-order valence-electron chi connectivity index (χ3n) is 3.99. The monoisotopic (exact) mass is 355 g/mol. The molecule has 0 radical (unpaired) electrons. The molecule has 138 valence electrons. The Kier molecular flexibility index (Phi) is 7.68. The van der Waals surface area contributed by atoms with Crippen molar-refractivity contribution in [1.29, 1.82) is 0 Å². The minimum Gasteiger partial charge on any atom is -0.497 e. The number of amides is 1. The van der Waals surface area contributed by atoms with E-state index < -0.39 is 6.04 Å². The van der Waals surface area contributed by atoms with Crippen LogP contribution in [0.5, 0.6) is 5.75 Å². The van der Waals surface area contributed by atoms with Gasteiger partial charge in [-0.3, -0.25) is 9.59 Å². The van der Waals surface area contributed by atoms with Gasteiger partial charge in [0.2, 0.25) is 5.91 Å². The van der Waals surface area contributed by atoms with E-state index in [-0.39, 0.29) is 18.3 Å². The fourth-order valence-corrected chi connectivity index (χ4v) is 2.67. The molecule has 0 saturated heterocycles. The van der Waals surface area contributed by atoms with Crippen molar-refractivity contribution >= 4 is 11.9 Å². The lowest BCUT2D eigenvalue weighted by Crippen LogP contribution is -2.30. The van der Waals surface area contributed by atoms with E-state index in [1.807, 2.05) is 54.6 Å². The van der Waals surface area contributed by atoms with Gasteiger partial charge < -0.3 is 14.8 Å². The summed E-state index contributed by atoms with van der Waals surface area (Å²) in [5.74, 6) is 0.226. The maximum atomic E-state index is 12.4. The Morgan fingerprint density at radius 1 is 1.08 bits per heavy atom. The third kappa shape index (κ3) is 6.24. The molecule has 0 fully saturated rings. The number of rotatable bonds is 9. The highest BCUT2D eigenvalue weighted by molar-refractivity contribution is 5.78. The fourth-order valence-electron chi connectivity index (χ4n) is 2.67. The van der Waals surface area contributed by atoms with Gasteiger partial charge in [0.25, 0.3) is 0 Å². The number of ether oxygens (including phenoxy) is 2. The Hall–Kier alpha value is -2.82. The van der Waals surface area contributed by atoms with E-state index in [1.54, 1.807) is 14.0 Å². The van der Waals surface area contributed by atoms with Crippen LogP contribution in [0.2, 0.25) is 0 Å². The van der Waals surface area contributed by atoms with Crippen LogP contribution in [0.15, 0.2) is 54.6 Å². The molecule has 0 spiro atoms. The van der Waals surface area contributed by atoms with Crippen LogP contribution in [0.3, 0.4) is 0 Å². The lowest BCUT2D eigenvalue weighted by molar-refractivity contribution is -0.143. The standard InChI is InChI=1S/C21H25NO4/c1-3-26-21(24)15-19(17-10-7-11-18(14-17)25-2)22-20(23)13-12-16-8-5-4-6-9-16/h4-11,14,19H,3,12-13,15H2,1-2H3,(H,22,23). The van der Waals surface area contributed by atoms with Crippen LogP contribution < -0.4 is 10.1 Å². The summed E-state index contributed by atoms with van der Waals surface area (Å²) in [6.45, 7) is 2.07. The number of aryl methyl sites for hydroxylation is 1. The maximum absolute atomic E-state index is 12.4. The van der Waals surface area contributed by atoms with Gasteiger partial charge in [-0.25, -0.2) is 0 Å². The van der Waals surface area contributed by atoms with Crippen molar-refractivity contribution in [3.63, 3.8) is 0 Å². The van der Waals surface area contributed by atoms with Crippen LogP contribution in [0, 0.1) is 0 Å². The van der Waals surface area contributed by atoms with Crippen LogP contribution in [0.1, 0.15) is 36.9 Å². The zero-order valence-electron chi connectivity index (χ0n) is 15.2. The molecule has 0 aliphatic heterocycles. The Morgan fingerprint density at radius 2 is 1.85 bits per heavy atom.